The lowest BCUT2D eigenvalue weighted by atomic mass is 9.90. The first kappa shape index (κ1) is 44.8. The number of rotatable bonds is 17. The van der Waals surface area contributed by atoms with Crippen LogP contribution in [0, 0.1) is 0 Å². The minimum Gasteiger partial charge on any atom is -0.542 e. The Balaban J connectivity index is 0.986. The Morgan fingerprint density at radius 2 is 1.76 bits per heavy atom. The number of anilines is 1. The molecular weight excluding hydrogens is 767 g/mol. The fraction of sp³-hybridized carbons (Fsp3) is 0.667. The van der Waals surface area contributed by atoms with Crippen molar-refractivity contribution >= 4 is 31.9 Å². The van der Waals surface area contributed by atoms with Crippen molar-refractivity contribution in [1.29, 1.82) is 0 Å². The summed E-state index contributed by atoms with van der Waals surface area (Å²) in [6.07, 6.45) is 7.64. The quantitative estimate of drug-likeness (QED) is 0.117. The molecule has 3 heterocycles. The van der Waals surface area contributed by atoms with Crippen LogP contribution in [0.2, 0.25) is 18.1 Å². The highest BCUT2D eigenvalue weighted by molar-refractivity contribution is 6.74. The highest BCUT2D eigenvalue weighted by Crippen LogP contribution is 2.44. The molecule has 13 nitrogen and oxygen atoms in total. The van der Waals surface area contributed by atoms with E-state index in [2.05, 4.69) is 73.7 Å². The van der Waals surface area contributed by atoms with Crippen molar-refractivity contribution in [3.8, 4) is 11.5 Å². The molecule has 0 bridgehead atoms. The molecule has 2 aromatic carbocycles. The third-order valence-electron chi connectivity index (χ3n) is 13.1. The Kier molecular flexibility index (Phi) is 15.4. The maximum atomic E-state index is 13.8. The molecule has 3 N–H and O–H groups in total. The van der Waals surface area contributed by atoms with E-state index >= 15 is 0 Å². The first-order valence-electron chi connectivity index (χ1n) is 22.0. The summed E-state index contributed by atoms with van der Waals surface area (Å²) >= 11 is 0. The van der Waals surface area contributed by atoms with Crippen LogP contribution in [0.3, 0.4) is 0 Å². The zero-order valence-electron chi connectivity index (χ0n) is 36.2. The number of benzene rings is 2. The van der Waals surface area contributed by atoms with E-state index in [4.69, 9.17) is 18.6 Å². The molecule has 2 aromatic rings. The van der Waals surface area contributed by atoms with Crippen LogP contribution in [0.1, 0.15) is 88.8 Å². The number of ether oxygens (including phenoxy) is 3. The predicted molar refractivity (Wildman–Crippen MR) is 232 cm³/mol. The highest BCUT2D eigenvalue weighted by atomic mass is 28.4. The predicted octanol–water partition coefficient (Wildman–Crippen LogP) is 6.69. The number of fused-ring (bicyclic) bond motifs is 1. The van der Waals surface area contributed by atoms with Crippen molar-refractivity contribution in [2.24, 2.45) is 0 Å². The second kappa shape index (κ2) is 20.2. The number of morpholine rings is 1. The zero-order valence-corrected chi connectivity index (χ0v) is 37.2. The average molecular weight is 836 g/mol. The maximum absolute atomic E-state index is 13.8. The monoisotopic (exact) mass is 835 g/mol. The van der Waals surface area contributed by atoms with E-state index in [9.17, 15) is 19.5 Å². The van der Waals surface area contributed by atoms with Gasteiger partial charge in [0, 0.05) is 58.4 Å². The van der Waals surface area contributed by atoms with E-state index in [0.29, 0.717) is 43.4 Å². The van der Waals surface area contributed by atoms with E-state index < -0.39 is 14.4 Å². The number of likely N-dealkylation sites (tertiary alicyclic amines) is 1. The van der Waals surface area contributed by atoms with Gasteiger partial charge >= 0.3 is 6.09 Å². The summed E-state index contributed by atoms with van der Waals surface area (Å²) in [5.41, 5.74) is 3.84. The van der Waals surface area contributed by atoms with Crippen LogP contribution in [0.15, 0.2) is 36.4 Å². The molecule has 326 valence electrons. The molecule has 4 aliphatic rings. The third-order valence-corrected chi connectivity index (χ3v) is 17.5. The topological polar surface area (TPSA) is 142 Å². The van der Waals surface area contributed by atoms with Crippen molar-refractivity contribution in [1.82, 2.24) is 20.0 Å². The lowest BCUT2D eigenvalue weighted by Crippen LogP contribution is -2.55. The maximum Gasteiger partial charge on any atom is 0.407 e. The van der Waals surface area contributed by atoms with E-state index in [1.54, 1.807) is 0 Å². The molecule has 3 aliphatic heterocycles. The highest BCUT2D eigenvalue weighted by Gasteiger charge is 2.40. The number of carbonyl (C=O) groups is 3. The van der Waals surface area contributed by atoms with Gasteiger partial charge in [0.15, 0.2) is 12.4 Å². The summed E-state index contributed by atoms with van der Waals surface area (Å²) < 4.78 is 24.7. The molecule has 1 saturated carbocycles. The van der Waals surface area contributed by atoms with E-state index in [1.807, 2.05) is 17.0 Å². The number of amides is 3. The van der Waals surface area contributed by atoms with Crippen LogP contribution in [-0.2, 0) is 38.4 Å². The van der Waals surface area contributed by atoms with Crippen LogP contribution in [0.5, 0.6) is 11.5 Å². The second-order valence-electron chi connectivity index (χ2n) is 18.4. The molecule has 3 fully saturated rings. The van der Waals surface area contributed by atoms with E-state index in [-0.39, 0.29) is 54.6 Å². The number of nitrogens with one attached hydrogen (secondary N) is 2. The van der Waals surface area contributed by atoms with Crippen LogP contribution < -0.4 is 19.8 Å². The summed E-state index contributed by atoms with van der Waals surface area (Å²) in [5.74, 6) is 0.854. The van der Waals surface area contributed by atoms with Gasteiger partial charge in [-0.15, -0.1) is 0 Å². The summed E-state index contributed by atoms with van der Waals surface area (Å²) in [6.45, 7) is 18.0. The van der Waals surface area contributed by atoms with E-state index in [0.717, 1.165) is 96.3 Å². The zero-order chi connectivity index (χ0) is 42.0. The molecule has 1 spiro atoms. The van der Waals surface area contributed by atoms with Crippen molar-refractivity contribution in [3.05, 3.63) is 53.1 Å². The molecular formula is C45H69N5O8Si. The van der Waals surface area contributed by atoms with Gasteiger partial charge in [-0.1, -0.05) is 70.4 Å². The first-order valence-corrected chi connectivity index (χ1v) is 24.9. The lowest BCUT2D eigenvalue weighted by molar-refractivity contribution is -0.135. The van der Waals surface area contributed by atoms with Crippen LogP contribution in [-0.4, -0.2) is 130 Å². The molecule has 1 aliphatic carbocycles. The van der Waals surface area contributed by atoms with E-state index in [1.165, 1.54) is 16.0 Å². The van der Waals surface area contributed by atoms with Gasteiger partial charge in [-0.05, 0) is 79.4 Å². The molecule has 6 rings (SSSR count). The summed E-state index contributed by atoms with van der Waals surface area (Å²) in [5, 5.41) is 16.7. The molecule has 0 aromatic heterocycles. The summed E-state index contributed by atoms with van der Waals surface area (Å²) in [6, 6.07) is 12.6. The molecule has 0 atom stereocenters. The van der Waals surface area contributed by atoms with Crippen LogP contribution in [0.4, 0.5) is 10.5 Å². The lowest BCUT2D eigenvalue weighted by Gasteiger charge is -2.44. The minimum absolute atomic E-state index is 0.0100. The SMILES string of the molecule is CC(C)(C)[Si](C)(C)Oc1ccc(CCN(CCN(C(=O)CCOCCc2cccc(CN3CCC4(CC3)CNCCO4)c2)C2CCCCC2)C(=O)O)c2c1NC(=O)CO2. The number of carbonyl (C=O) groups excluding carboxylic acids is 2. The van der Waals surface area contributed by atoms with Gasteiger partial charge in [-0.3, -0.25) is 14.5 Å². The van der Waals surface area contributed by atoms with Gasteiger partial charge in [-0.2, -0.15) is 0 Å². The minimum atomic E-state index is -2.22. The van der Waals surface area contributed by atoms with Gasteiger partial charge in [0.2, 0.25) is 5.91 Å². The van der Waals surface area contributed by atoms with Crippen LogP contribution in [0.25, 0.3) is 0 Å². The molecule has 3 amide bonds. The number of hydrogen-bond donors (Lipinski definition) is 3. The third kappa shape index (κ3) is 12.2. The van der Waals surface area contributed by atoms with Crippen molar-refractivity contribution in [2.75, 3.05) is 77.6 Å². The molecule has 59 heavy (non-hydrogen) atoms. The van der Waals surface area contributed by atoms with Crippen LogP contribution >= 0.6 is 0 Å². The second-order valence-corrected chi connectivity index (χ2v) is 23.2. The normalized spacial score (nSPS) is 18.8. The van der Waals surface area contributed by atoms with Crippen molar-refractivity contribution in [2.45, 2.75) is 121 Å². The molecule has 0 radical (unpaired) electrons. The van der Waals surface area contributed by atoms with Gasteiger partial charge in [-0.25, -0.2) is 4.79 Å². The van der Waals surface area contributed by atoms with Crippen molar-refractivity contribution < 1.29 is 38.1 Å². The standard InChI is InChI=1S/C45H69N5O8Si/c1-44(2,3)59(4,5)58-38-15-14-36(42-41(38)47-39(51)32-56-42)16-22-49(43(53)54)25-26-50(37-12-7-6-8-13-37)40(52)18-28-55-27-17-34-10-9-11-35(30-34)31-48-23-19-45(20-24-48)33-46-21-29-57-45/h9-11,14-15,30,37,46H,6-8,12-13,16-29,31-33H2,1-5H3,(H,47,51)(H,53,54). The number of carboxylic acid groups (broad SMARTS) is 1. The molecule has 2 saturated heterocycles. The van der Waals surface area contributed by atoms with Gasteiger partial charge < -0.3 is 44.2 Å². The smallest absolute Gasteiger partial charge is 0.407 e. The number of piperidine rings is 1. The average Bonchev–Trinajstić information content (AvgIpc) is 3.21. The molecule has 14 heteroatoms. The van der Waals surface area contributed by atoms with Gasteiger partial charge in [0.25, 0.3) is 14.2 Å². The number of hydrogen-bond acceptors (Lipinski definition) is 9. The van der Waals surface area contributed by atoms with Gasteiger partial charge in [0.05, 0.1) is 31.8 Å². The Hall–Kier alpha value is -3.69. The fourth-order valence-electron chi connectivity index (χ4n) is 8.49. The number of nitrogens with zero attached hydrogens (tertiary/aromatic N) is 3. The fourth-order valence-corrected chi connectivity index (χ4v) is 9.51. The summed E-state index contributed by atoms with van der Waals surface area (Å²) in [7, 11) is -2.22. The largest absolute Gasteiger partial charge is 0.542 e. The Bertz CT molecular complexity index is 1730. The Morgan fingerprint density at radius 3 is 2.47 bits per heavy atom. The summed E-state index contributed by atoms with van der Waals surface area (Å²) in [4.78, 5) is 44.5. The van der Waals surface area contributed by atoms with Gasteiger partial charge in [0.1, 0.15) is 11.4 Å². The Morgan fingerprint density at radius 1 is 1.00 bits per heavy atom. The van der Waals surface area contributed by atoms with Crippen molar-refractivity contribution in [3.63, 3.8) is 0 Å². The first-order chi connectivity index (χ1) is 28.2. The Labute approximate surface area is 352 Å². The molecule has 0 unspecified atom stereocenters.